The topological polar surface area (TPSA) is 33.0 Å². The minimum Gasteiger partial charge on any atom is -0.493 e. The second-order valence-electron chi connectivity index (χ2n) is 4.02. The van der Waals surface area contributed by atoms with Gasteiger partial charge in [0, 0.05) is 5.56 Å². The molecule has 15 heavy (non-hydrogen) atoms. The lowest BCUT2D eigenvalue weighted by Crippen LogP contribution is -2.17. The number of nitriles is 1. The van der Waals surface area contributed by atoms with E-state index >= 15 is 0 Å². The van der Waals surface area contributed by atoms with Gasteiger partial charge in [-0.3, -0.25) is 0 Å². The van der Waals surface area contributed by atoms with Crippen molar-refractivity contribution in [2.75, 3.05) is 6.61 Å². The molecule has 1 heterocycles. The monoisotopic (exact) mass is 197 g/mol. The Bertz CT molecular complexity index is 482. The first-order valence-corrected chi connectivity index (χ1v) is 5.26. The van der Waals surface area contributed by atoms with Crippen molar-refractivity contribution in [3.8, 4) is 11.8 Å². The molecule has 0 fully saturated rings. The molecule has 2 nitrogen and oxygen atoms in total. The van der Waals surface area contributed by atoms with Gasteiger partial charge in [0.1, 0.15) is 5.75 Å². The quantitative estimate of drug-likeness (QED) is 0.640. The summed E-state index contributed by atoms with van der Waals surface area (Å²) in [5.74, 6) is 1.53. The zero-order chi connectivity index (χ0) is 10.3. The third kappa shape index (κ3) is 1.16. The fourth-order valence-corrected chi connectivity index (χ4v) is 2.49. The van der Waals surface area contributed by atoms with E-state index in [1.165, 1.54) is 5.56 Å². The van der Waals surface area contributed by atoms with Gasteiger partial charge in [-0.2, -0.15) is 5.26 Å². The normalized spacial score (nSPS) is 22.1. The molecule has 2 heteroatoms. The Morgan fingerprint density at radius 3 is 3.20 bits per heavy atom. The van der Waals surface area contributed by atoms with Gasteiger partial charge in [-0.15, -0.1) is 0 Å². The average Bonchev–Trinajstić information content (AvgIpc) is 2.30. The van der Waals surface area contributed by atoms with Crippen LogP contribution in [0, 0.1) is 11.3 Å². The van der Waals surface area contributed by atoms with Gasteiger partial charge in [0.25, 0.3) is 0 Å². The summed E-state index contributed by atoms with van der Waals surface area (Å²) in [6, 6.07) is 8.25. The molecule has 1 atom stereocenters. The van der Waals surface area contributed by atoms with E-state index in [0.29, 0.717) is 5.92 Å². The number of rotatable bonds is 0. The van der Waals surface area contributed by atoms with Crippen LogP contribution in [0.4, 0.5) is 0 Å². The van der Waals surface area contributed by atoms with Crippen molar-refractivity contribution in [1.82, 2.24) is 0 Å². The highest BCUT2D eigenvalue weighted by Gasteiger charge is 2.27. The van der Waals surface area contributed by atoms with Crippen molar-refractivity contribution < 1.29 is 4.74 Å². The van der Waals surface area contributed by atoms with Crippen LogP contribution in [0.25, 0.3) is 5.57 Å². The van der Waals surface area contributed by atoms with Crippen LogP contribution in [-0.2, 0) is 0 Å². The smallest absolute Gasteiger partial charge is 0.123 e. The maximum Gasteiger partial charge on any atom is 0.123 e. The van der Waals surface area contributed by atoms with Crippen molar-refractivity contribution in [3.05, 3.63) is 35.4 Å². The first-order chi connectivity index (χ1) is 7.40. The molecule has 0 saturated carbocycles. The molecule has 1 aliphatic heterocycles. The second kappa shape index (κ2) is 3.13. The van der Waals surface area contributed by atoms with Gasteiger partial charge >= 0.3 is 0 Å². The van der Waals surface area contributed by atoms with E-state index in [4.69, 9.17) is 10.00 Å². The lowest BCUT2D eigenvalue weighted by atomic mass is 9.80. The molecule has 1 aromatic carbocycles. The molecule has 1 unspecified atom stereocenters. The van der Waals surface area contributed by atoms with Crippen LogP contribution >= 0.6 is 0 Å². The van der Waals surface area contributed by atoms with Crippen molar-refractivity contribution in [3.63, 3.8) is 0 Å². The highest BCUT2D eigenvalue weighted by atomic mass is 16.5. The lowest BCUT2D eigenvalue weighted by Gasteiger charge is -2.30. The van der Waals surface area contributed by atoms with E-state index < -0.39 is 0 Å². The summed E-state index contributed by atoms with van der Waals surface area (Å²) >= 11 is 0. The van der Waals surface area contributed by atoms with Gasteiger partial charge in [0.05, 0.1) is 18.2 Å². The van der Waals surface area contributed by atoms with Crippen LogP contribution in [0.2, 0.25) is 0 Å². The van der Waals surface area contributed by atoms with Crippen LogP contribution in [0.1, 0.15) is 29.9 Å². The SMILES string of the molecule is N#CC1=CCC2CCOc3cccc1c32. The van der Waals surface area contributed by atoms with E-state index in [1.807, 2.05) is 18.2 Å². The van der Waals surface area contributed by atoms with Gasteiger partial charge in [-0.1, -0.05) is 18.2 Å². The molecular weight excluding hydrogens is 186 g/mol. The fraction of sp³-hybridized carbons (Fsp3) is 0.308. The number of benzene rings is 1. The van der Waals surface area contributed by atoms with Gasteiger partial charge in [-0.05, 0) is 30.4 Å². The van der Waals surface area contributed by atoms with Gasteiger partial charge in [-0.25, -0.2) is 0 Å². The van der Waals surface area contributed by atoms with E-state index in [9.17, 15) is 0 Å². The maximum atomic E-state index is 9.05. The Labute approximate surface area is 88.8 Å². The Balaban J connectivity index is 2.25. The van der Waals surface area contributed by atoms with Crippen LogP contribution in [-0.4, -0.2) is 6.61 Å². The van der Waals surface area contributed by atoms with Crippen LogP contribution < -0.4 is 4.74 Å². The average molecular weight is 197 g/mol. The maximum absolute atomic E-state index is 9.05. The molecule has 2 aliphatic rings. The number of ether oxygens (including phenoxy) is 1. The molecule has 74 valence electrons. The first kappa shape index (κ1) is 8.55. The number of hydrogen-bond donors (Lipinski definition) is 0. The van der Waals surface area contributed by atoms with Crippen LogP contribution in [0.3, 0.4) is 0 Å². The van der Waals surface area contributed by atoms with Crippen LogP contribution in [0.15, 0.2) is 24.3 Å². The highest BCUT2D eigenvalue weighted by Crippen LogP contribution is 2.43. The molecule has 0 aromatic heterocycles. The van der Waals surface area contributed by atoms with E-state index in [2.05, 4.69) is 12.1 Å². The minimum absolute atomic E-state index is 0.557. The molecular formula is C13H11NO. The van der Waals surface area contributed by atoms with E-state index in [1.54, 1.807) is 0 Å². The Kier molecular flexibility index (Phi) is 1.78. The number of hydrogen-bond acceptors (Lipinski definition) is 2. The molecule has 0 radical (unpaired) electrons. The molecule has 3 rings (SSSR count). The van der Waals surface area contributed by atoms with E-state index in [0.717, 1.165) is 36.3 Å². The molecule has 0 N–H and O–H groups in total. The summed E-state index contributed by atoms with van der Waals surface area (Å²) in [4.78, 5) is 0. The summed E-state index contributed by atoms with van der Waals surface area (Å²) in [6.45, 7) is 0.802. The first-order valence-electron chi connectivity index (χ1n) is 5.26. The number of nitrogens with zero attached hydrogens (tertiary/aromatic N) is 1. The third-order valence-corrected chi connectivity index (χ3v) is 3.22. The summed E-state index contributed by atoms with van der Waals surface area (Å²) in [5, 5.41) is 9.05. The second-order valence-corrected chi connectivity index (χ2v) is 4.02. The fourth-order valence-electron chi connectivity index (χ4n) is 2.49. The number of allylic oxidation sites excluding steroid dienone is 2. The van der Waals surface area contributed by atoms with Gasteiger partial charge in [0.2, 0.25) is 0 Å². The summed E-state index contributed by atoms with van der Waals surface area (Å²) in [6.07, 6.45) is 4.11. The van der Waals surface area contributed by atoms with Gasteiger partial charge in [0.15, 0.2) is 0 Å². The summed E-state index contributed by atoms with van der Waals surface area (Å²) in [5.41, 5.74) is 3.13. The van der Waals surface area contributed by atoms with Crippen molar-refractivity contribution in [1.29, 1.82) is 5.26 Å². The predicted molar refractivity (Wildman–Crippen MR) is 57.5 cm³/mol. The Hall–Kier alpha value is -1.75. The third-order valence-electron chi connectivity index (χ3n) is 3.22. The molecule has 1 aromatic rings. The Morgan fingerprint density at radius 1 is 1.40 bits per heavy atom. The van der Waals surface area contributed by atoms with Crippen molar-refractivity contribution >= 4 is 5.57 Å². The molecule has 1 aliphatic carbocycles. The van der Waals surface area contributed by atoms with Crippen LogP contribution in [0.5, 0.6) is 5.75 Å². The van der Waals surface area contributed by atoms with Crippen molar-refractivity contribution in [2.45, 2.75) is 18.8 Å². The zero-order valence-electron chi connectivity index (χ0n) is 8.36. The molecule has 0 amide bonds. The standard InChI is InChI=1S/C13H11NO/c14-8-10-5-4-9-6-7-15-12-3-1-2-11(10)13(9)12/h1-3,5,9H,4,6-7H2. The summed E-state index contributed by atoms with van der Waals surface area (Å²) in [7, 11) is 0. The molecule has 0 saturated heterocycles. The molecule has 0 spiro atoms. The summed E-state index contributed by atoms with van der Waals surface area (Å²) < 4.78 is 5.63. The minimum atomic E-state index is 0.557. The largest absolute Gasteiger partial charge is 0.493 e. The van der Waals surface area contributed by atoms with E-state index in [-0.39, 0.29) is 0 Å². The predicted octanol–water partition coefficient (Wildman–Crippen LogP) is 2.86. The van der Waals surface area contributed by atoms with Gasteiger partial charge < -0.3 is 4.74 Å². The molecule has 0 bridgehead atoms. The zero-order valence-corrected chi connectivity index (χ0v) is 8.36. The Morgan fingerprint density at radius 2 is 2.33 bits per heavy atom. The van der Waals surface area contributed by atoms with Crippen molar-refractivity contribution in [2.24, 2.45) is 0 Å². The lowest BCUT2D eigenvalue weighted by molar-refractivity contribution is 0.266. The highest BCUT2D eigenvalue weighted by molar-refractivity contribution is 5.81.